The second-order valence-electron chi connectivity index (χ2n) is 5.99. The van der Waals surface area contributed by atoms with Gasteiger partial charge in [0.2, 0.25) is 0 Å². The predicted octanol–water partition coefficient (Wildman–Crippen LogP) is 4.52. The summed E-state index contributed by atoms with van der Waals surface area (Å²) in [4.78, 5) is 29.2. The molecule has 1 aromatic heterocycles. The van der Waals surface area contributed by atoms with E-state index >= 15 is 0 Å². The summed E-state index contributed by atoms with van der Waals surface area (Å²) < 4.78 is 18.5. The average Bonchev–Trinajstić information content (AvgIpc) is 2.63. The number of pyridine rings is 1. The van der Waals surface area contributed by atoms with Crippen LogP contribution in [0.25, 0.3) is 10.9 Å². The zero-order chi connectivity index (χ0) is 19.6. The number of benzene rings is 2. The van der Waals surface area contributed by atoms with Crippen molar-refractivity contribution in [2.24, 2.45) is 0 Å². The molecule has 138 valence electrons. The Morgan fingerprint density at radius 2 is 1.93 bits per heavy atom. The molecule has 0 saturated carbocycles. The number of hydrogen-bond acceptors (Lipinski definition) is 4. The van der Waals surface area contributed by atoms with E-state index < -0.39 is 23.8 Å². The first-order chi connectivity index (χ1) is 12.8. The topological polar surface area (TPSA) is 68.3 Å². The fourth-order valence-electron chi connectivity index (χ4n) is 2.57. The molecule has 1 heterocycles. The Morgan fingerprint density at radius 3 is 2.67 bits per heavy atom. The number of para-hydroxylation sites is 1. The zero-order valence-corrected chi connectivity index (χ0v) is 15.4. The van der Waals surface area contributed by atoms with Crippen molar-refractivity contribution >= 4 is 40.1 Å². The normalized spacial score (nSPS) is 11.9. The summed E-state index contributed by atoms with van der Waals surface area (Å²) in [7, 11) is 0. The van der Waals surface area contributed by atoms with Crippen LogP contribution in [0, 0.1) is 12.7 Å². The van der Waals surface area contributed by atoms with Gasteiger partial charge in [0.15, 0.2) is 6.10 Å². The van der Waals surface area contributed by atoms with Gasteiger partial charge in [-0.25, -0.2) is 9.18 Å². The molecule has 0 spiro atoms. The van der Waals surface area contributed by atoms with Crippen molar-refractivity contribution in [1.29, 1.82) is 0 Å². The molecule has 0 aliphatic heterocycles. The van der Waals surface area contributed by atoms with Crippen LogP contribution in [0.4, 0.5) is 10.1 Å². The van der Waals surface area contributed by atoms with Crippen molar-refractivity contribution in [2.45, 2.75) is 20.0 Å². The van der Waals surface area contributed by atoms with Gasteiger partial charge < -0.3 is 10.1 Å². The van der Waals surface area contributed by atoms with E-state index in [1.54, 1.807) is 31.2 Å². The molecule has 0 bridgehead atoms. The molecule has 0 radical (unpaired) electrons. The summed E-state index contributed by atoms with van der Waals surface area (Å²) in [6, 6.07) is 12.6. The Labute approximate surface area is 160 Å². The Hall–Kier alpha value is -2.99. The largest absolute Gasteiger partial charge is 0.449 e. The van der Waals surface area contributed by atoms with E-state index in [0.717, 1.165) is 6.07 Å². The number of amides is 1. The van der Waals surface area contributed by atoms with E-state index in [4.69, 9.17) is 16.3 Å². The third kappa shape index (κ3) is 4.23. The lowest BCUT2D eigenvalue weighted by molar-refractivity contribution is -0.123. The third-order valence-corrected chi connectivity index (χ3v) is 4.19. The number of rotatable bonds is 4. The first-order valence-corrected chi connectivity index (χ1v) is 8.56. The number of halogens is 2. The highest BCUT2D eigenvalue weighted by Crippen LogP contribution is 2.21. The van der Waals surface area contributed by atoms with Crippen LogP contribution < -0.4 is 5.32 Å². The molecule has 2 aromatic carbocycles. The van der Waals surface area contributed by atoms with Crippen molar-refractivity contribution in [3.63, 3.8) is 0 Å². The molecule has 27 heavy (non-hydrogen) atoms. The second kappa shape index (κ2) is 7.72. The SMILES string of the molecule is Cc1cc(C(=O)O[C@H](C)C(=O)Nc2ccc(F)c(Cl)c2)c2ccccc2n1. The van der Waals surface area contributed by atoms with E-state index in [-0.39, 0.29) is 5.02 Å². The maximum absolute atomic E-state index is 13.2. The van der Waals surface area contributed by atoms with Gasteiger partial charge in [-0.2, -0.15) is 0 Å². The number of esters is 1. The molecule has 0 fully saturated rings. The lowest BCUT2D eigenvalue weighted by Gasteiger charge is -2.15. The van der Waals surface area contributed by atoms with Crippen LogP contribution in [0.5, 0.6) is 0 Å². The third-order valence-electron chi connectivity index (χ3n) is 3.90. The quantitative estimate of drug-likeness (QED) is 0.669. The van der Waals surface area contributed by atoms with Crippen molar-refractivity contribution in [1.82, 2.24) is 4.98 Å². The maximum Gasteiger partial charge on any atom is 0.339 e. The van der Waals surface area contributed by atoms with E-state index in [2.05, 4.69) is 10.3 Å². The van der Waals surface area contributed by atoms with Crippen molar-refractivity contribution in [3.8, 4) is 0 Å². The van der Waals surface area contributed by atoms with Gasteiger partial charge in [-0.15, -0.1) is 0 Å². The van der Waals surface area contributed by atoms with E-state index in [1.165, 1.54) is 19.1 Å². The molecule has 7 heteroatoms. The van der Waals surface area contributed by atoms with Crippen molar-refractivity contribution in [3.05, 3.63) is 70.6 Å². The van der Waals surface area contributed by atoms with Gasteiger partial charge >= 0.3 is 5.97 Å². The summed E-state index contributed by atoms with van der Waals surface area (Å²) in [6.45, 7) is 3.23. The number of carbonyl (C=O) groups excluding carboxylic acids is 2. The molecule has 1 N–H and O–H groups in total. The lowest BCUT2D eigenvalue weighted by Crippen LogP contribution is -2.30. The summed E-state index contributed by atoms with van der Waals surface area (Å²) >= 11 is 5.69. The molecule has 0 aliphatic carbocycles. The van der Waals surface area contributed by atoms with E-state index in [9.17, 15) is 14.0 Å². The molecule has 0 aliphatic rings. The molecule has 3 rings (SSSR count). The van der Waals surface area contributed by atoms with Gasteiger partial charge in [0, 0.05) is 16.8 Å². The number of aryl methyl sites for hydroxylation is 1. The fraction of sp³-hybridized carbons (Fsp3) is 0.150. The highest BCUT2D eigenvalue weighted by molar-refractivity contribution is 6.31. The number of carbonyl (C=O) groups is 2. The number of hydrogen-bond donors (Lipinski definition) is 1. The molecule has 0 unspecified atom stereocenters. The smallest absolute Gasteiger partial charge is 0.339 e. The molecular formula is C20H16ClFN2O3. The predicted molar refractivity (Wildman–Crippen MR) is 101 cm³/mol. The number of anilines is 1. The maximum atomic E-state index is 13.2. The van der Waals surface area contributed by atoms with Crippen LogP contribution in [0.2, 0.25) is 5.02 Å². The van der Waals surface area contributed by atoms with Crippen LogP contribution in [0.3, 0.4) is 0 Å². The van der Waals surface area contributed by atoms with Crippen LogP contribution in [0.1, 0.15) is 23.0 Å². The van der Waals surface area contributed by atoms with Crippen LogP contribution in [-0.2, 0) is 9.53 Å². The van der Waals surface area contributed by atoms with Crippen LogP contribution >= 0.6 is 11.6 Å². The monoisotopic (exact) mass is 386 g/mol. The first kappa shape index (κ1) is 18.8. The zero-order valence-electron chi connectivity index (χ0n) is 14.6. The minimum absolute atomic E-state index is 0.115. The molecule has 1 amide bonds. The van der Waals surface area contributed by atoms with Crippen LogP contribution in [0.15, 0.2) is 48.5 Å². The fourth-order valence-corrected chi connectivity index (χ4v) is 2.75. The summed E-state index contributed by atoms with van der Waals surface area (Å²) in [5.41, 5.74) is 1.98. The molecule has 3 aromatic rings. The van der Waals surface area contributed by atoms with Gasteiger partial charge in [0.1, 0.15) is 5.82 Å². The Kier molecular flexibility index (Phi) is 5.37. The molecule has 5 nitrogen and oxygen atoms in total. The Balaban J connectivity index is 1.75. The highest BCUT2D eigenvalue weighted by Gasteiger charge is 2.21. The number of nitrogens with zero attached hydrogens (tertiary/aromatic N) is 1. The minimum atomic E-state index is -1.06. The van der Waals surface area contributed by atoms with Gasteiger partial charge in [-0.3, -0.25) is 9.78 Å². The van der Waals surface area contributed by atoms with Crippen LogP contribution in [-0.4, -0.2) is 23.0 Å². The number of fused-ring (bicyclic) bond motifs is 1. The highest BCUT2D eigenvalue weighted by atomic mass is 35.5. The van der Waals surface area contributed by atoms with Gasteiger partial charge in [0.25, 0.3) is 5.91 Å². The summed E-state index contributed by atoms with van der Waals surface area (Å²) in [5.74, 6) is -1.77. The van der Waals surface area contributed by atoms with Crippen molar-refractivity contribution < 1.29 is 18.7 Å². The number of ether oxygens (including phenoxy) is 1. The molecule has 0 saturated heterocycles. The van der Waals surface area contributed by atoms with Crippen molar-refractivity contribution in [2.75, 3.05) is 5.32 Å². The number of nitrogens with one attached hydrogen (secondary N) is 1. The van der Waals surface area contributed by atoms with Gasteiger partial charge in [0.05, 0.1) is 16.1 Å². The average molecular weight is 387 g/mol. The molecule has 1 atom stereocenters. The van der Waals surface area contributed by atoms with E-state index in [1.807, 2.05) is 6.07 Å². The van der Waals surface area contributed by atoms with Gasteiger partial charge in [-0.05, 0) is 44.2 Å². The second-order valence-corrected chi connectivity index (χ2v) is 6.40. The Bertz CT molecular complexity index is 1040. The first-order valence-electron chi connectivity index (χ1n) is 8.18. The number of aromatic nitrogens is 1. The standard InChI is InChI=1S/C20H16ClFN2O3/c1-11-9-15(14-5-3-4-6-18(14)23-11)20(26)27-12(2)19(25)24-13-7-8-17(22)16(21)10-13/h3-10,12H,1-2H3,(H,24,25)/t12-/m1/s1. The molecular weight excluding hydrogens is 371 g/mol. The summed E-state index contributed by atoms with van der Waals surface area (Å²) in [6.07, 6.45) is -1.06. The van der Waals surface area contributed by atoms with E-state index in [0.29, 0.717) is 27.8 Å². The lowest BCUT2D eigenvalue weighted by atomic mass is 10.1. The minimum Gasteiger partial charge on any atom is -0.449 e. The Morgan fingerprint density at radius 1 is 1.19 bits per heavy atom. The van der Waals surface area contributed by atoms with Gasteiger partial charge in [-0.1, -0.05) is 29.8 Å². The summed E-state index contributed by atoms with van der Waals surface area (Å²) in [5, 5.41) is 3.07.